The van der Waals surface area contributed by atoms with Gasteiger partial charge in [0.1, 0.15) is 0 Å². The van der Waals surface area contributed by atoms with Gasteiger partial charge in [-0.15, -0.1) is 0 Å². The molecule has 2 unspecified atom stereocenters. The van der Waals surface area contributed by atoms with Crippen LogP contribution in [0.25, 0.3) is 0 Å². The Morgan fingerprint density at radius 1 is 0.784 bits per heavy atom. The zero-order valence-electron chi connectivity index (χ0n) is 20.0. The molecular formula is C30H23ClN4OS. The summed E-state index contributed by atoms with van der Waals surface area (Å²) in [5.41, 5.74) is 2.88. The van der Waals surface area contributed by atoms with Crippen LogP contribution < -0.4 is 9.91 Å². The van der Waals surface area contributed by atoms with Crippen LogP contribution in [0, 0.1) is 0 Å². The van der Waals surface area contributed by atoms with Crippen molar-refractivity contribution in [3.05, 3.63) is 131 Å². The predicted molar refractivity (Wildman–Crippen MR) is 153 cm³/mol. The third kappa shape index (κ3) is 3.56. The Labute approximate surface area is 226 Å². The van der Waals surface area contributed by atoms with Gasteiger partial charge in [0.25, 0.3) is 5.91 Å². The average molecular weight is 523 g/mol. The van der Waals surface area contributed by atoms with Crippen LogP contribution in [-0.2, 0) is 4.79 Å². The molecule has 4 aromatic rings. The van der Waals surface area contributed by atoms with Gasteiger partial charge in [-0.05, 0) is 59.7 Å². The van der Waals surface area contributed by atoms with Gasteiger partial charge >= 0.3 is 0 Å². The lowest BCUT2D eigenvalue weighted by atomic mass is 9.79. The van der Waals surface area contributed by atoms with E-state index in [9.17, 15) is 4.79 Å². The molecule has 1 spiro atoms. The maximum atomic E-state index is 14.8. The second-order valence-electron chi connectivity index (χ2n) is 9.03. The highest BCUT2D eigenvalue weighted by atomic mass is 35.5. The van der Waals surface area contributed by atoms with E-state index < -0.39 is 11.6 Å². The van der Waals surface area contributed by atoms with Crippen LogP contribution in [0.1, 0.15) is 17.0 Å². The van der Waals surface area contributed by atoms with E-state index in [1.807, 2.05) is 132 Å². The highest BCUT2D eigenvalue weighted by Crippen LogP contribution is 2.51. The molecule has 1 fully saturated rings. The minimum atomic E-state index is -1.27. The molecule has 7 heteroatoms. The van der Waals surface area contributed by atoms with Crippen molar-refractivity contribution in [2.45, 2.75) is 11.6 Å². The topological polar surface area (TPSA) is 39.1 Å². The molecule has 0 bridgehead atoms. The van der Waals surface area contributed by atoms with Crippen molar-refractivity contribution in [3.63, 3.8) is 0 Å². The average Bonchev–Trinajstić information content (AvgIpc) is 3.40. The number of carbonyl (C=O) groups is 1. The summed E-state index contributed by atoms with van der Waals surface area (Å²) in [7, 11) is 1.88. The maximum absolute atomic E-state index is 14.8. The predicted octanol–water partition coefficient (Wildman–Crippen LogP) is 6.31. The number of thiocarbonyl (C=S) groups is 1. The van der Waals surface area contributed by atoms with Crippen LogP contribution in [-0.4, -0.2) is 34.3 Å². The van der Waals surface area contributed by atoms with Gasteiger partial charge in [-0.3, -0.25) is 9.69 Å². The monoisotopic (exact) mass is 522 g/mol. The number of anilines is 2. The largest absolute Gasteiger partial charge is 0.318 e. The van der Waals surface area contributed by atoms with Gasteiger partial charge in [-0.25, -0.2) is 5.01 Å². The second kappa shape index (κ2) is 9.14. The zero-order valence-corrected chi connectivity index (χ0v) is 21.6. The lowest BCUT2D eigenvalue weighted by Gasteiger charge is -2.41. The Hall–Kier alpha value is -4.00. The molecule has 6 rings (SSSR count). The Balaban J connectivity index is 1.64. The number of rotatable bonds is 4. The first-order valence-electron chi connectivity index (χ1n) is 12.0. The van der Waals surface area contributed by atoms with Gasteiger partial charge in [-0.1, -0.05) is 90.5 Å². The number of halogens is 1. The first kappa shape index (κ1) is 23.4. The van der Waals surface area contributed by atoms with Crippen LogP contribution in [0.3, 0.4) is 0 Å². The number of carbonyl (C=O) groups excluding carboxylic acids is 1. The van der Waals surface area contributed by atoms with Gasteiger partial charge in [0.2, 0.25) is 5.66 Å². The quantitative estimate of drug-likeness (QED) is 0.294. The number of hydrogen-bond acceptors (Lipinski definition) is 4. The van der Waals surface area contributed by atoms with Gasteiger partial charge in [0.05, 0.1) is 23.0 Å². The smallest absolute Gasteiger partial charge is 0.283 e. The van der Waals surface area contributed by atoms with Crippen LogP contribution >= 0.6 is 23.8 Å². The van der Waals surface area contributed by atoms with E-state index in [4.69, 9.17) is 28.9 Å². The van der Waals surface area contributed by atoms with Crippen molar-refractivity contribution in [1.29, 1.82) is 0 Å². The molecule has 0 N–H and O–H groups in total. The normalized spacial score (nSPS) is 21.2. The molecule has 2 heterocycles. The summed E-state index contributed by atoms with van der Waals surface area (Å²) in [5, 5.41) is 8.06. The van der Waals surface area contributed by atoms with Crippen molar-refractivity contribution in [2.24, 2.45) is 5.10 Å². The fourth-order valence-electron chi connectivity index (χ4n) is 5.30. The summed E-state index contributed by atoms with van der Waals surface area (Å²) in [4.78, 5) is 18.3. The number of amides is 1. The van der Waals surface area contributed by atoms with Crippen LogP contribution in [0.4, 0.5) is 11.4 Å². The van der Waals surface area contributed by atoms with Crippen molar-refractivity contribution < 1.29 is 4.79 Å². The first-order valence-corrected chi connectivity index (χ1v) is 12.7. The molecule has 5 nitrogen and oxygen atoms in total. The first-order chi connectivity index (χ1) is 18.0. The van der Waals surface area contributed by atoms with Crippen molar-refractivity contribution in [1.82, 2.24) is 4.90 Å². The number of benzene rings is 4. The summed E-state index contributed by atoms with van der Waals surface area (Å²) in [6.45, 7) is 0. The van der Waals surface area contributed by atoms with E-state index in [-0.39, 0.29) is 5.91 Å². The highest BCUT2D eigenvalue weighted by molar-refractivity contribution is 7.80. The third-order valence-corrected chi connectivity index (χ3v) is 7.71. The van der Waals surface area contributed by atoms with Crippen molar-refractivity contribution in [3.8, 4) is 0 Å². The van der Waals surface area contributed by atoms with E-state index in [0.29, 0.717) is 10.1 Å². The van der Waals surface area contributed by atoms with Crippen molar-refractivity contribution in [2.75, 3.05) is 17.0 Å². The molecule has 1 amide bonds. The van der Waals surface area contributed by atoms with Gasteiger partial charge in [0, 0.05) is 12.1 Å². The van der Waals surface area contributed by atoms with Gasteiger partial charge < -0.3 is 4.90 Å². The molecule has 1 saturated heterocycles. The maximum Gasteiger partial charge on any atom is 0.283 e. The Bertz CT molecular complexity index is 1500. The number of para-hydroxylation sites is 2. The van der Waals surface area contributed by atoms with Gasteiger partial charge in [0.15, 0.2) is 5.11 Å². The Kier molecular flexibility index (Phi) is 5.78. The molecule has 2 atom stereocenters. The highest BCUT2D eigenvalue weighted by Gasteiger charge is 2.67. The van der Waals surface area contributed by atoms with Crippen LogP contribution in [0.5, 0.6) is 0 Å². The molecular weight excluding hydrogens is 500 g/mol. The van der Waals surface area contributed by atoms with Crippen LogP contribution in [0.15, 0.2) is 120 Å². The standard InChI is InChI=1S/C30H23ClN4OS/c1-33-29(37)34(24-13-7-3-8-14-24)28(36)30(33)26(21-17-19-23(31)20-18-21)27(22-11-5-2-6-12-22)32-35(30)25-15-9-4-10-16-25/h2-20,26H,1H3. The third-order valence-electron chi connectivity index (χ3n) is 7.00. The minimum Gasteiger partial charge on any atom is -0.318 e. The van der Waals surface area contributed by atoms with Gasteiger partial charge in [-0.2, -0.15) is 5.10 Å². The summed E-state index contributed by atoms with van der Waals surface area (Å²) in [6.07, 6.45) is 0. The number of nitrogens with zero attached hydrogens (tertiary/aromatic N) is 4. The molecule has 37 heavy (non-hydrogen) atoms. The molecule has 2 aliphatic rings. The molecule has 182 valence electrons. The van der Waals surface area contributed by atoms with E-state index in [1.54, 1.807) is 4.90 Å². The summed E-state index contributed by atoms with van der Waals surface area (Å²) in [5.74, 6) is -0.624. The Morgan fingerprint density at radius 3 is 1.92 bits per heavy atom. The SMILES string of the molecule is CN1C(=S)N(c2ccccc2)C(=O)C12C(c1ccc(Cl)cc1)C(c1ccccc1)=NN2c1ccccc1. The lowest BCUT2D eigenvalue weighted by molar-refractivity contribution is -0.124. The van der Waals surface area contributed by atoms with Crippen molar-refractivity contribution >= 4 is 51.9 Å². The number of hydrazone groups is 1. The molecule has 0 saturated carbocycles. The molecule has 0 aromatic heterocycles. The number of hydrogen-bond donors (Lipinski definition) is 0. The van der Waals surface area contributed by atoms with E-state index in [1.165, 1.54) is 0 Å². The lowest BCUT2D eigenvalue weighted by Crippen LogP contribution is -2.61. The molecule has 2 aliphatic heterocycles. The molecule has 0 aliphatic carbocycles. The van der Waals surface area contributed by atoms with E-state index in [0.717, 1.165) is 28.2 Å². The van der Waals surface area contributed by atoms with E-state index in [2.05, 4.69) is 0 Å². The van der Waals surface area contributed by atoms with E-state index >= 15 is 0 Å². The fourth-order valence-corrected chi connectivity index (χ4v) is 5.76. The molecule has 4 aromatic carbocycles. The number of likely N-dealkylation sites (N-methyl/N-ethyl adjacent to an activating group) is 1. The summed E-state index contributed by atoms with van der Waals surface area (Å²) < 4.78 is 0. The fraction of sp³-hybridized carbons (Fsp3) is 0.100. The summed E-state index contributed by atoms with van der Waals surface area (Å²) in [6, 6.07) is 36.9. The summed E-state index contributed by atoms with van der Waals surface area (Å²) >= 11 is 12.2. The van der Waals surface area contributed by atoms with Crippen LogP contribution in [0.2, 0.25) is 5.02 Å². The minimum absolute atomic E-state index is 0.162. The zero-order chi connectivity index (χ0) is 25.6. The molecule has 0 radical (unpaired) electrons. The Morgan fingerprint density at radius 2 is 1.32 bits per heavy atom. The second-order valence-corrected chi connectivity index (χ2v) is 9.83.